The maximum absolute atomic E-state index is 12.0. The normalized spacial score (nSPS) is 12.0. The zero-order valence-electron chi connectivity index (χ0n) is 13.8. The predicted octanol–water partition coefficient (Wildman–Crippen LogP) is 3.26. The van der Waals surface area contributed by atoms with Crippen molar-refractivity contribution in [2.24, 2.45) is 0 Å². The number of aliphatic hydroxyl groups is 1. The average Bonchev–Trinajstić information content (AvgIpc) is 2.53. The molecule has 5 nitrogen and oxygen atoms in total. The Labute approximate surface area is 147 Å². The van der Waals surface area contributed by atoms with E-state index in [9.17, 15) is 9.90 Å². The molecule has 1 atom stereocenters. The van der Waals surface area contributed by atoms with E-state index in [1.165, 1.54) is 0 Å². The van der Waals surface area contributed by atoms with Gasteiger partial charge in [0.2, 0.25) is 0 Å². The maximum atomic E-state index is 12.0. The first-order valence-electron chi connectivity index (χ1n) is 7.66. The number of benzene rings is 2. The number of hydrogen-bond donors (Lipinski definition) is 3. The molecule has 6 heteroatoms. The van der Waals surface area contributed by atoms with E-state index >= 15 is 0 Å². The van der Waals surface area contributed by atoms with Crippen LogP contribution in [0, 0.1) is 0 Å². The van der Waals surface area contributed by atoms with Crippen LogP contribution in [0.2, 0.25) is 5.02 Å². The fourth-order valence-electron chi connectivity index (χ4n) is 2.28. The third-order valence-electron chi connectivity index (χ3n) is 3.39. The molecule has 1 unspecified atom stereocenters. The van der Waals surface area contributed by atoms with E-state index in [1.54, 1.807) is 24.3 Å². The zero-order valence-corrected chi connectivity index (χ0v) is 14.5. The minimum atomic E-state index is -0.784. The number of amides is 2. The molecule has 3 N–H and O–H groups in total. The molecular weight excluding hydrogens is 326 g/mol. The van der Waals surface area contributed by atoms with Crippen molar-refractivity contribution in [3.8, 4) is 0 Å². The fourth-order valence-corrected chi connectivity index (χ4v) is 2.41. The van der Waals surface area contributed by atoms with Crippen LogP contribution in [0.5, 0.6) is 0 Å². The van der Waals surface area contributed by atoms with Gasteiger partial charge in [0, 0.05) is 23.8 Å². The molecule has 0 aliphatic rings. The molecule has 0 bridgehead atoms. The summed E-state index contributed by atoms with van der Waals surface area (Å²) in [7, 11) is 3.98. The SMILES string of the molecule is CN(C)Cc1cccc(NC(=O)NCC(O)c2ccc(Cl)cc2)c1. The quantitative estimate of drug-likeness (QED) is 0.751. The molecule has 0 aromatic heterocycles. The first-order chi connectivity index (χ1) is 11.4. The Bertz CT molecular complexity index is 674. The van der Waals surface area contributed by atoms with Gasteiger partial charge in [-0.25, -0.2) is 4.79 Å². The van der Waals surface area contributed by atoms with Gasteiger partial charge >= 0.3 is 6.03 Å². The van der Waals surface area contributed by atoms with E-state index in [2.05, 4.69) is 15.5 Å². The van der Waals surface area contributed by atoms with Gasteiger partial charge < -0.3 is 20.6 Å². The minimum absolute atomic E-state index is 0.116. The molecule has 0 fully saturated rings. The number of nitrogens with zero attached hydrogens (tertiary/aromatic N) is 1. The lowest BCUT2D eigenvalue weighted by molar-refractivity contribution is 0.175. The van der Waals surface area contributed by atoms with Crippen LogP contribution in [-0.2, 0) is 6.54 Å². The fraction of sp³-hybridized carbons (Fsp3) is 0.278. The molecule has 0 saturated carbocycles. The average molecular weight is 348 g/mol. The first-order valence-corrected chi connectivity index (χ1v) is 8.04. The molecule has 2 rings (SSSR count). The molecule has 0 heterocycles. The second-order valence-corrected chi connectivity index (χ2v) is 6.28. The molecular formula is C18H22ClN3O2. The number of anilines is 1. The van der Waals surface area contributed by atoms with Crippen LogP contribution in [0.4, 0.5) is 10.5 Å². The Hall–Kier alpha value is -2.08. The second-order valence-electron chi connectivity index (χ2n) is 5.84. The van der Waals surface area contributed by atoms with Crippen molar-refractivity contribution in [3.63, 3.8) is 0 Å². The summed E-state index contributed by atoms with van der Waals surface area (Å²) in [6.45, 7) is 0.914. The van der Waals surface area contributed by atoms with Crippen LogP contribution >= 0.6 is 11.6 Å². The lowest BCUT2D eigenvalue weighted by Gasteiger charge is -2.14. The van der Waals surface area contributed by atoms with Crippen LogP contribution in [0.1, 0.15) is 17.2 Å². The molecule has 2 amide bonds. The third-order valence-corrected chi connectivity index (χ3v) is 3.65. The highest BCUT2D eigenvalue weighted by Gasteiger charge is 2.10. The highest BCUT2D eigenvalue weighted by atomic mass is 35.5. The topological polar surface area (TPSA) is 64.6 Å². The highest BCUT2D eigenvalue weighted by molar-refractivity contribution is 6.30. The molecule has 0 spiro atoms. The summed E-state index contributed by atoms with van der Waals surface area (Å²) < 4.78 is 0. The minimum Gasteiger partial charge on any atom is -0.387 e. The van der Waals surface area contributed by atoms with E-state index < -0.39 is 6.10 Å². The van der Waals surface area contributed by atoms with Gasteiger partial charge in [-0.05, 0) is 49.5 Å². The van der Waals surface area contributed by atoms with Crippen LogP contribution < -0.4 is 10.6 Å². The van der Waals surface area contributed by atoms with Crippen molar-refractivity contribution < 1.29 is 9.90 Å². The van der Waals surface area contributed by atoms with E-state index in [1.807, 2.05) is 38.4 Å². The van der Waals surface area contributed by atoms with Gasteiger partial charge in [0.15, 0.2) is 0 Å². The van der Waals surface area contributed by atoms with E-state index in [0.717, 1.165) is 12.1 Å². The van der Waals surface area contributed by atoms with Crippen molar-refractivity contribution in [2.45, 2.75) is 12.6 Å². The Morgan fingerprint density at radius 2 is 1.92 bits per heavy atom. The first kappa shape index (κ1) is 18.3. The maximum Gasteiger partial charge on any atom is 0.319 e. The summed E-state index contributed by atoms with van der Waals surface area (Å²) in [5, 5.41) is 16.1. The number of carbonyl (C=O) groups excluding carboxylic acids is 1. The Balaban J connectivity index is 1.85. The number of rotatable bonds is 6. The summed E-state index contributed by atoms with van der Waals surface area (Å²) in [5.41, 5.74) is 2.53. The molecule has 0 aliphatic carbocycles. The molecule has 2 aromatic carbocycles. The van der Waals surface area contributed by atoms with Crippen LogP contribution in [0.3, 0.4) is 0 Å². The summed E-state index contributed by atoms with van der Waals surface area (Å²) in [5.74, 6) is 0. The molecule has 0 saturated heterocycles. The van der Waals surface area contributed by atoms with Crippen LogP contribution in [-0.4, -0.2) is 36.7 Å². The van der Waals surface area contributed by atoms with Gasteiger partial charge in [0.25, 0.3) is 0 Å². The highest BCUT2D eigenvalue weighted by Crippen LogP contribution is 2.16. The van der Waals surface area contributed by atoms with Crippen molar-refractivity contribution >= 4 is 23.3 Å². The zero-order chi connectivity index (χ0) is 17.5. The molecule has 128 valence electrons. The number of halogens is 1. The Kier molecular flexibility index (Phi) is 6.61. The number of nitrogens with one attached hydrogen (secondary N) is 2. The van der Waals surface area contributed by atoms with Crippen LogP contribution in [0.25, 0.3) is 0 Å². The molecule has 24 heavy (non-hydrogen) atoms. The van der Waals surface area contributed by atoms with Gasteiger partial charge in [-0.15, -0.1) is 0 Å². The number of carbonyl (C=O) groups is 1. The lowest BCUT2D eigenvalue weighted by Crippen LogP contribution is -2.32. The summed E-state index contributed by atoms with van der Waals surface area (Å²) >= 11 is 5.81. The van der Waals surface area contributed by atoms with Crippen molar-refractivity contribution in [3.05, 3.63) is 64.7 Å². The van der Waals surface area contributed by atoms with Gasteiger partial charge in [0.05, 0.1) is 6.10 Å². The third kappa shape index (κ3) is 5.85. The van der Waals surface area contributed by atoms with Crippen LogP contribution in [0.15, 0.2) is 48.5 Å². The number of urea groups is 1. The van der Waals surface area contributed by atoms with Crippen molar-refractivity contribution in [1.82, 2.24) is 10.2 Å². The van der Waals surface area contributed by atoms with Crippen molar-refractivity contribution in [1.29, 1.82) is 0 Å². The standard InChI is InChI=1S/C18H22ClN3O2/c1-22(2)12-13-4-3-5-16(10-13)21-18(24)20-11-17(23)14-6-8-15(19)9-7-14/h3-10,17,23H,11-12H2,1-2H3,(H2,20,21,24). The summed E-state index contributed by atoms with van der Waals surface area (Å²) in [6.07, 6.45) is -0.784. The smallest absolute Gasteiger partial charge is 0.319 e. The van der Waals surface area contributed by atoms with Gasteiger partial charge in [-0.1, -0.05) is 35.9 Å². The van der Waals surface area contributed by atoms with Gasteiger partial charge in [-0.2, -0.15) is 0 Å². The van der Waals surface area contributed by atoms with Gasteiger partial charge in [0.1, 0.15) is 0 Å². The van der Waals surface area contributed by atoms with E-state index in [4.69, 9.17) is 11.6 Å². The Morgan fingerprint density at radius 3 is 2.58 bits per heavy atom. The molecule has 0 aliphatic heterocycles. The molecule has 2 aromatic rings. The monoisotopic (exact) mass is 347 g/mol. The summed E-state index contributed by atoms with van der Waals surface area (Å²) in [6, 6.07) is 14.2. The number of aliphatic hydroxyl groups excluding tert-OH is 1. The predicted molar refractivity (Wildman–Crippen MR) is 97.3 cm³/mol. The van der Waals surface area contributed by atoms with E-state index in [0.29, 0.717) is 16.3 Å². The Morgan fingerprint density at radius 1 is 1.21 bits per heavy atom. The molecule has 0 radical (unpaired) electrons. The van der Waals surface area contributed by atoms with Crippen molar-refractivity contribution in [2.75, 3.05) is 26.0 Å². The van der Waals surface area contributed by atoms with E-state index in [-0.39, 0.29) is 12.6 Å². The number of hydrogen-bond acceptors (Lipinski definition) is 3. The van der Waals surface area contributed by atoms with Gasteiger partial charge in [-0.3, -0.25) is 0 Å². The lowest BCUT2D eigenvalue weighted by atomic mass is 10.1. The second kappa shape index (κ2) is 8.68. The summed E-state index contributed by atoms with van der Waals surface area (Å²) in [4.78, 5) is 14.0. The largest absolute Gasteiger partial charge is 0.387 e.